The number of rotatable bonds is 10. The third-order valence-electron chi connectivity index (χ3n) is 4.61. The van der Waals surface area contributed by atoms with Gasteiger partial charge in [-0.3, -0.25) is 4.90 Å². The fraction of sp³-hybridized carbons (Fsp3) is 0.375. The van der Waals surface area contributed by atoms with E-state index in [-0.39, 0.29) is 6.61 Å². The van der Waals surface area contributed by atoms with E-state index in [2.05, 4.69) is 29.9 Å². The lowest BCUT2D eigenvalue weighted by atomic mass is 9.98. The molecule has 0 heterocycles. The topological polar surface area (TPSA) is 38.8 Å². The summed E-state index contributed by atoms with van der Waals surface area (Å²) in [6, 6.07) is 17.4. The van der Waals surface area contributed by atoms with Crippen molar-refractivity contribution in [2.45, 2.75) is 38.6 Å². The van der Waals surface area contributed by atoms with E-state index in [1.165, 1.54) is 30.1 Å². The van der Waals surface area contributed by atoms with Gasteiger partial charge in [-0.05, 0) is 55.8 Å². The third kappa shape index (κ3) is 8.09. The van der Waals surface area contributed by atoms with Crippen molar-refractivity contribution in [1.29, 1.82) is 0 Å². The summed E-state index contributed by atoms with van der Waals surface area (Å²) < 4.78 is 47.4. The van der Waals surface area contributed by atoms with Gasteiger partial charge >= 0.3 is 12.1 Å². The number of halogens is 3. The van der Waals surface area contributed by atoms with Gasteiger partial charge in [-0.15, -0.1) is 0 Å². The van der Waals surface area contributed by atoms with Gasteiger partial charge in [-0.2, -0.15) is 13.2 Å². The van der Waals surface area contributed by atoms with Crippen molar-refractivity contribution in [1.82, 2.24) is 4.90 Å². The Kier molecular flexibility index (Phi) is 9.12. The molecule has 0 N–H and O–H groups in total. The lowest BCUT2D eigenvalue weighted by molar-refractivity contribution is -0.213. The van der Waals surface area contributed by atoms with Crippen molar-refractivity contribution < 1.29 is 27.4 Å². The molecule has 2 aromatic rings. The summed E-state index contributed by atoms with van der Waals surface area (Å²) in [6.07, 6.45) is -0.923. The Morgan fingerprint density at radius 2 is 1.71 bits per heavy atom. The summed E-state index contributed by atoms with van der Waals surface area (Å²) in [4.78, 5) is 12.4. The van der Waals surface area contributed by atoms with Crippen LogP contribution in [0.25, 0.3) is 11.6 Å². The molecule has 0 aliphatic rings. The van der Waals surface area contributed by atoms with Gasteiger partial charge in [0.25, 0.3) is 0 Å². The Balaban J connectivity index is 2.06. The maximum atomic E-state index is 12.4. The van der Waals surface area contributed by atoms with Crippen LogP contribution < -0.4 is 4.74 Å². The highest BCUT2D eigenvalue weighted by Crippen LogP contribution is 2.25. The number of alkyl halides is 3. The second kappa shape index (κ2) is 11.6. The first-order valence-corrected chi connectivity index (χ1v) is 10.1. The first-order valence-electron chi connectivity index (χ1n) is 10.1. The number of ether oxygens (including phenoxy) is 2. The normalized spacial score (nSPS) is 13.2. The molecule has 0 saturated carbocycles. The van der Waals surface area contributed by atoms with E-state index < -0.39 is 18.4 Å². The average Bonchev–Trinajstić information content (AvgIpc) is 2.74. The maximum Gasteiger partial charge on any atom is 0.490 e. The Hall–Kier alpha value is -2.80. The number of likely N-dealkylation sites (N-methyl/N-ethyl adjacent to an activating group) is 1. The van der Waals surface area contributed by atoms with Crippen LogP contribution in [0.3, 0.4) is 0 Å². The number of hydrogen-bond acceptors (Lipinski definition) is 4. The number of hydrogen-bond donors (Lipinski definition) is 0. The molecule has 0 aromatic heterocycles. The van der Waals surface area contributed by atoms with E-state index in [1.807, 2.05) is 30.3 Å². The number of nitrogens with zero attached hydrogens (tertiary/aromatic N) is 1. The minimum Gasteiger partial charge on any atom is -0.488 e. The van der Waals surface area contributed by atoms with Gasteiger partial charge in [0, 0.05) is 0 Å². The molecule has 2 aromatic carbocycles. The lowest BCUT2D eigenvalue weighted by Crippen LogP contribution is -2.41. The molecule has 0 radical (unpaired) electrons. The van der Waals surface area contributed by atoms with Crippen molar-refractivity contribution in [2.24, 2.45) is 0 Å². The van der Waals surface area contributed by atoms with Gasteiger partial charge in [0.1, 0.15) is 12.4 Å². The highest BCUT2D eigenvalue weighted by atomic mass is 19.4. The molecule has 0 aliphatic carbocycles. The summed E-state index contributed by atoms with van der Waals surface area (Å²) >= 11 is 0. The Morgan fingerprint density at radius 3 is 2.26 bits per heavy atom. The predicted molar refractivity (Wildman–Crippen MR) is 115 cm³/mol. The highest BCUT2D eigenvalue weighted by molar-refractivity contribution is 5.81. The van der Waals surface area contributed by atoms with E-state index in [0.717, 1.165) is 24.8 Å². The van der Waals surface area contributed by atoms with Crippen molar-refractivity contribution in [2.75, 3.05) is 20.7 Å². The van der Waals surface area contributed by atoms with Crippen LogP contribution in [0.1, 0.15) is 37.3 Å². The standard InChI is InChI=1S/C24H28F3NO3/c1-4-5-9-20(19-10-7-6-8-11-19)16-18-12-14-21(15-13-18)30-17-22(28(2)3)31-23(29)24(25,26)27/h6-8,10-16,22H,4-5,9,17H2,1-3H3/b20-16-. The Labute approximate surface area is 181 Å². The molecule has 168 valence electrons. The quantitative estimate of drug-likeness (QED) is 0.269. The van der Waals surface area contributed by atoms with Gasteiger partial charge in [0.05, 0.1) is 0 Å². The zero-order valence-corrected chi connectivity index (χ0v) is 18.0. The van der Waals surface area contributed by atoms with Crippen LogP contribution in [0.2, 0.25) is 0 Å². The smallest absolute Gasteiger partial charge is 0.488 e. The molecular formula is C24H28F3NO3. The van der Waals surface area contributed by atoms with Gasteiger partial charge in [-0.1, -0.05) is 61.9 Å². The molecule has 0 amide bonds. The number of benzene rings is 2. The molecule has 0 spiro atoms. The molecule has 0 bridgehead atoms. The van der Waals surface area contributed by atoms with Crippen LogP contribution >= 0.6 is 0 Å². The number of unbranched alkanes of at least 4 members (excludes halogenated alkanes) is 1. The maximum absolute atomic E-state index is 12.4. The molecule has 4 nitrogen and oxygen atoms in total. The van der Waals surface area contributed by atoms with E-state index in [1.54, 1.807) is 12.1 Å². The molecular weight excluding hydrogens is 407 g/mol. The molecule has 2 rings (SSSR count). The molecule has 0 fully saturated rings. The minimum absolute atomic E-state index is 0.226. The van der Waals surface area contributed by atoms with Crippen molar-refractivity contribution in [3.05, 3.63) is 65.7 Å². The summed E-state index contributed by atoms with van der Waals surface area (Å²) in [5.74, 6) is -1.77. The van der Waals surface area contributed by atoms with Gasteiger partial charge in [0.15, 0.2) is 6.23 Å². The van der Waals surface area contributed by atoms with Gasteiger partial charge < -0.3 is 9.47 Å². The zero-order valence-electron chi connectivity index (χ0n) is 18.0. The highest BCUT2D eigenvalue weighted by Gasteiger charge is 2.42. The summed E-state index contributed by atoms with van der Waals surface area (Å²) in [7, 11) is 3.01. The predicted octanol–water partition coefficient (Wildman–Crippen LogP) is 5.79. The van der Waals surface area contributed by atoms with Crippen LogP contribution in [0.15, 0.2) is 54.6 Å². The number of carbonyl (C=O) groups is 1. The first kappa shape index (κ1) is 24.5. The SMILES string of the molecule is CCCC/C(=C/c1ccc(OCC(OC(=O)C(F)(F)F)N(C)C)cc1)c1ccccc1. The summed E-state index contributed by atoms with van der Waals surface area (Å²) in [5, 5.41) is 0. The van der Waals surface area contributed by atoms with Gasteiger partial charge in [0.2, 0.25) is 0 Å². The fourth-order valence-corrected chi connectivity index (χ4v) is 2.83. The molecule has 31 heavy (non-hydrogen) atoms. The van der Waals surface area contributed by atoms with E-state index >= 15 is 0 Å². The Bertz CT molecular complexity index is 847. The summed E-state index contributed by atoms with van der Waals surface area (Å²) in [6.45, 7) is 1.93. The zero-order chi connectivity index (χ0) is 22.9. The van der Waals surface area contributed by atoms with Crippen molar-refractivity contribution in [3.63, 3.8) is 0 Å². The number of allylic oxidation sites excluding steroid dienone is 1. The second-order valence-electron chi connectivity index (χ2n) is 7.34. The second-order valence-corrected chi connectivity index (χ2v) is 7.34. The number of esters is 1. The summed E-state index contributed by atoms with van der Waals surface area (Å²) in [5.41, 5.74) is 3.41. The van der Waals surface area contributed by atoms with E-state index in [9.17, 15) is 18.0 Å². The molecule has 1 atom stereocenters. The monoisotopic (exact) mass is 435 g/mol. The number of carbonyl (C=O) groups excluding carboxylic acids is 1. The Morgan fingerprint density at radius 1 is 1.06 bits per heavy atom. The van der Waals surface area contributed by atoms with Crippen molar-refractivity contribution in [3.8, 4) is 5.75 Å². The molecule has 0 saturated heterocycles. The van der Waals surface area contributed by atoms with E-state index in [0.29, 0.717) is 5.75 Å². The van der Waals surface area contributed by atoms with Crippen molar-refractivity contribution >= 4 is 17.6 Å². The average molecular weight is 435 g/mol. The first-order chi connectivity index (χ1) is 14.7. The van der Waals surface area contributed by atoms with Crippen LogP contribution in [-0.4, -0.2) is 44.0 Å². The third-order valence-corrected chi connectivity index (χ3v) is 4.61. The molecule has 7 heteroatoms. The molecule has 1 unspecified atom stereocenters. The van der Waals surface area contributed by atoms with Crippen LogP contribution in [0, 0.1) is 0 Å². The van der Waals surface area contributed by atoms with E-state index in [4.69, 9.17) is 4.74 Å². The molecule has 0 aliphatic heterocycles. The lowest BCUT2D eigenvalue weighted by Gasteiger charge is -2.24. The fourth-order valence-electron chi connectivity index (χ4n) is 2.83. The largest absolute Gasteiger partial charge is 0.490 e. The van der Waals surface area contributed by atoms with Gasteiger partial charge in [-0.25, -0.2) is 4.79 Å². The van der Waals surface area contributed by atoms with Crippen LogP contribution in [0.5, 0.6) is 5.75 Å². The minimum atomic E-state index is -5.05. The van der Waals surface area contributed by atoms with Crippen LogP contribution in [0.4, 0.5) is 13.2 Å². The van der Waals surface area contributed by atoms with Crippen LogP contribution in [-0.2, 0) is 9.53 Å².